The van der Waals surface area contributed by atoms with Crippen molar-refractivity contribution in [2.75, 3.05) is 20.3 Å². The van der Waals surface area contributed by atoms with Gasteiger partial charge in [0.2, 0.25) is 5.91 Å². The Balaban J connectivity index is 1.47. The second-order valence-corrected chi connectivity index (χ2v) is 6.09. The number of nitrogens with zero attached hydrogens (tertiary/aromatic N) is 2. The standard InChI is InChI=1S/C18H23N3O3/c1-13-10-20-21(11-13)8-4-7-19-18(22)15-9-14-5-3-6-16(23-2)17(14)24-12-15/h3,5-6,10-11,15H,4,7-9,12H2,1-2H3,(H,19,22). The topological polar surface area (TPSA) is 65.4 Å². The van der Waals surface area contributed by atoms with Crippen LogP contribution in [0.1, 0.15) is 17.5 Å². The first-order valence-corrected chi connectivity index (χ1v) is 8.23. The van der Waals surface area contributed by atoms with Gasteiger partial charge in [-0.15, -0.1) is 0 Å². The molecule has 1 aromatic heterocycles. The summed E-state index contributed by atoms with van der Waals surface area (Å²) in [5.74, 6) is 1.37. The maximum absolute atomic E-state index is 12.3. The highest BCUT2D eigenvalue weighted by atomic mass is 16.5. The average Bonchev–Trinajstić information content (AvgIpc) is 3.02. The van der Waals surface area contributed by atoms with Gasteiger partial charge in [-0.05, 0) is 37.0 Å². The van der Waals surface area contributed by atoms with Gasteiger partial charge in [-0.25, -0.2) is 0 Å². The van der Waals surface area contributed by atoms with Gasteiger partial charge < -0.3 is 14.8 Å². The predicted octanol–water partition coefficient (Wildman–Crippen LogP) is 1.96. The fraction of sp³-hybridized carbons (Fsp3) is 0.444. The summed E-state index contributed by atoms with van der Waals surface area (Å²) in [6.45, 7) is 3.84. The summed E-state index contributed by atoms with van der Waals surface area (Å²) in [4.78, 5) is 12.3. The second-order valence-electron chi connectivity index (χ2n) is 6.09. The van der Waals surface area contributed by atoms with Crippen LogP contribution in [0.2, 0.25) is 0 Å². The molecule has 0 fully saturated rings. The number of fused-ring (bicyclic) bond motifs is 1. The van der Waals surface area contributed by atoms with E-state index in [1.807, 2.05) is 42.2 Å². The number of rotatable bonds is 6. The molecule has 24 heavy (non-hydrogen) atoms. The first-order chi connectivity index (χ1) is 11.7. The smallest absolute Gasteiger partial charge is 0.226 e. The Bertz CT molecular complexity index is 711. The van der Waals surface area contributed by atoms with Crippen LogP contribution in [0.15, 0.2) is 30.6 Å². The molecule has 0 saturated carbocycles. The number of ether oxygens (including phenoxy) is 2. The van der Waals surface area contributed by atoms with Crippen LogP contribution in [0.4, 0.5) is 0 Å². The molecule has 0 bridgehead atoms. The van der Waals surface area contributed by atoms with Crippen LogP contribution in [0.5, 0.6) is 11.5 Å². The molecule has 0 spiro atoms. The Morgan fingerprint density at radius 3 is 3.12 bits per heavy atom. The molecule has 1 aliphatic rings. The fourth-order valence-electron chi connectivity index (χ4n) is 2.91. The number of carbonyl (C=O) groups excluding carboxylic acids is 1. The minimum absolute atomic E-state index is 0.0418. The maximum Gasteiger partial charge on any atom is 0.226 e. The Morgan fingerprint density at radius 2 is 2.38 bits per heavy atom. The van der Waals surface area contributed by atoms with Gasteiger partial charge >= 0.3 is 0 Å². The van der Waals surface area contributed by atoms with E-state index in [4.69, 9.17) is 9.47 Å². The Kier molecular flexibility index (Phi) is 5.03. The molecule has 1 N–H and O–H groups in total. The molecule has 0 aliphatic carbocycles. The van der Waals surface area contributed by atoms with E-state index in [0.29, 0.717) is 19.6 Å². The van der Waals surface area contributed by atoms with Crippen LogP contribution in [0.3, 0.4) is 0 Å². The summed E-state index contributed by atoms with van der Waals surface area (Å²) in [5.41, 5.74) is 2.17. The number of methoxy groups -OCH3 is 1. The monoisotopic (exact) mass is 329 g/mol. The number of aromatic nitrogens is 2. The molecular formula is C18H23N3O3. The Labute approximate surface area is 141 Å². The molecule has 6 heteroatoms. The van der Waals surface area contributed by atoms with Crippen molar-refractivity contribution in [2.45, 2.75) is 26.3 Å². The van der Waals surface area contributed by atoms with E-state index in [1.165, 1.54) is 0 Å². The predicted molar refractivity (Wildman–Crippen MR) is 90.3 cm³/mol. The van der Waals surface area contributed by atoms with Crippen LogP contribution >= 0.6 is 0 Å². The maximum atomic E-state index is 12.3. The van der Waals surface area contributed by atoms with Crippen LogP contribution in [-0.2, 0) is 17.8 Å². The van der Waals surface area contributed by atoms with Crippen molar-refractivity contribution in [1.29, 1.82) is 0 Å². The molecular weight excluding hydrogens is 306 g/mol. The molecule has 2 heterocycles. The summed E-state index contributed by atoms with van der Waals surface area (Å²) >= 11 is 0. The summed E-state index contributed by atoms with van der Waals surface area (Å²) in [5, 5.41) is 7.23. The summed E-state index contributed by atoms with van der Waals surface area (Å²) < 4.78 is 13.0. The number of aryl methyl sites for hydroxylation is 2. The van der Waals surface area contributed by atoms with Crippen molar-refractivity contribution in [3.8, 4) is 11.5 Å². The number of nitrogens with one attached hydrogen (secondary N) is 1. The lowest BCUT2D eigenvalue weighted by Gasteiger charge is -2.25. The molecule has 1 aromatic carbocycles. The molecule has 6 nitrogen and oxygen atoms in total. The van der Waals surface area contributed by atoms with Crippen LogP contribution in [0, 0.1) is 12.8 Å². The first kappa shape index (κ1) is 16.4. The third-order valence-corrected chi connectivity index (χ3v) is 4.17. The van der Waals surface area contributed by atoms with E-state index >= 15 is 0 Å². The lowest BCUT2D eigenvalue weighted by Crippen LogP contribution is -2.38. The van der Waals surface area contributed by atoms with Crippen molar-refractivity contribution in [3.05, 3.63) is 41.7 Å². The van der Waals surface area contributed by atoms with Crippen LogP contribution < -0.4 is 14.8 Å². The van der Waals surface area contributed by atoms with Gasteiger partial charge in [0.25, 0.3) is 0 Å². The summed E-state index contributed by atoms with van der Waals surface area (Å²) in [6, 6.07) is 5.78. The molecule has 1 aliphatic heterocycles. The summed E-state index contributed by atoms with van der Waals surface area (Å²) in [6.07, 6.45) is 5.37. The largest absolute Gasteiger partial charge is 0.493 e. The van der Waals surface area contributed by atoms with Crippen molar-refractivity contribution in [2.24, 2.45) is 5.92 Å². The van der Waals surface area contributed by atoms with Gasteiger partial charge in [0.05, 0.1) is 19.2 Å². The minimum atomic E-state index is -0.156. The van der Waals surface area contributed by atoms with Gasteiger partial charge in [-0.3, -0.25) is 9.48 Å². The highest BCUT2D eigenvalue weighted by Crippen LogP contribution is 2.35. The molecule has 3 rings (SSSR count). The zero-order valence-corrected chi connectivity index (χ0v) is 14.1. The normalized spacial score (nSPS) is 16.2. The third kappa shape index (κ3) is 3.69. The minimum Gasteiger partial charge on any atom is -0.493 e. The fourth-order valence-corrected chi connectivity index (χ4v) is 2.91. The number of amides is 1. The van der Waals surface area contributed by atoms with Gasteiger partial charge in [-0.1, -0.05) is 12.1 Å². The van der Waals surface area contributed by atoms with E-state index in [-0.39, 0.29) is 11.8 Å². The van der Waals surface area contributed by atoms with E-state index < -0.39 is 0 Å². The highest BCUT2D eigenvalue weighted by Gasteiger charge is 2.27. The SMILES string of the molecule is COc1cccc2c1OCC(C(=O)NCCCn1cc(C)cn1)C2. The number of para-hydroxylation sites is 1. The van der Waals surface area contributed by atoms with E-state index in [0.717, 1.165) is 35.6 Å². The lowest BCUT2D eigenvalue weighted by molar-refractivity contribution is -0.126. The first-order valence-electron chi connectivity index (χ1n) is 8.23. The second kappa shape index (κ2) is 7.38. The van der Waals surface area contributed by atoms with Crippen molar-refractivity contribution in [3.63, 3.8) is 0 Å². The van der Waals surface area contributed by atoms with Crippen molar-refractivity contribution < 1.29 is 14.3 Å². The zero-order valence-electron chi connectivity index (χ0n) is 14.1. The van der Waals surface area contributed by atoms with Crippen molar-refractivity contribution in [1.82, 2.24) is 15.1 Å². The lowest BCUT2D eigenvalue weighted by atomic mass is 9.95. The number of hydrogen-bond acceptors (Lipinski definition) is 4. The average molecular weight is 329 g/mol. The Hall–Kier alpha value is -2.50. The van der Waals surface area contributed by atoms with Crippen LogP contribution in [0.25, 0.3) is 0 Å². The molecule has 1 amide bonds. The molecule has 128 valence electrons. The Morgan fingerprint density at radius 1 is 1.50 bits per heavy atom. The van der Waals surface area contributed by atoms with E-state index in [2.05, 4.69) is 10.4 Å². The molecule has 1 unspecified atom stereocenters. The van der Waals surface area contributed by atoms with Gasteiger partial charge in [0, 0.05) is 19.3 Å². The van der Waals surface area contributed by atoms with Gasteiger partial charge in [0.15, 0.2) is 11.5 Å². The molecule has 0 saturated heterocycles. The van der Waals surface area contributed by atoms with E-state index in [1.54, 1.807) is 7.11 Å². The van der Waals surface area contributed by atoms with Gasteiger partial charge in [0.1, 0.15) is 6.61 Å². The molecule has 1 atom stereocenters. The molecule has 2 aromatic rings. The molecule has 0 radical (unpaired) electrons. The van der Waals surface area contributed by atoms with E-state index in [9.17, 15) is 4.79 Å². The third-order valence-electron chi connectivity index (χ3n) is 4.17. The zero-order chi connectivity index (χ0) is 16.9. The van der Waals surface area contributed by atoms with Crippen molar-refractivity contribution >= 4 is 5.91 Å². The number of benzene rings is 1. The van der Waals surface area contributed by atoms with Crippen LogP contribution in [-0.4, -0.2) is 35.9 Å². The van der Waals surface area contributed by atoms with Gasteiger partial charge in [-0.2, -0.15) is 5.10 Å². The quantitative estimate of drug-likeness (QED) is 0.823. The number of carbonyl (C=O) groups is 1. The number of hydrogen-bond donors (Lipinski definition) is 1. The summed E-state index contributed by atoms with van der Waals surface area (Å²) in [7, 11) is 1.62. The highest BCUT2D eigenvalue weighted by molar-refractivity contribution is 5.79.